The minimum absolute atomic E-state index is 0.0170. The summed E-state index contributed by atoms with van der Waals surface area (Å²) in [5.74, 6) is 0.851. The maximum Gasteiger partial charge on any atom is 0.273 e. The van der Waals surface area contributed by atoms with Gasteiger partial charge in [0.1, 0.15) is 0 Å². The summed E-state index contributed by atoms with van der Waals surface area (Å²) in [7, 11) is 0. The summed E-state index contributed by atoms with van der Waals surface area (Å²) in [5, 5.41) is 10.5. The van der Waals surface area contributed by atoms with Gasteiger partial charge in [0.15, 0.2) is 5.78 Å². The molecule has 0 aromatic heterocycles. The fraction of sp³-hybridized carbons (Fsp3) is 0.750. The fourth-order valence-electron chi connectivity index (χ4n) is 6.59. The second-order valence-corrected chi connectivity index (χ2v) is 8.90. The molecule has 4 rings (SSSR count). The molecule has 0 radical (unpaired) electrons. The Hall–Kier alpha value is -1.03. The van der Waals surface area contributed by atoms with Crippen molar-refractivity contribution in [3.05, 3.63) is 23.3 Å². The molecule has 3 fully saturated rings. The third kappa shape index (κ3) is 2.04. The first-order valence-electron chi connectivity index (χ1n) is 9.25. The van der Waals surface area contributed by atoms with Crippen molar-refractivity contribution in [1.82, 2.24) is 0 Å². The zero-order valence-corrected chi connectivity index (χ0v) is 14.4. The largest absolute Gasteiger partial charge is 0.393 e. The molecule has 4 aliphatic carbocycles. The molecule has 0 heterocycles. The van der Waals surface area contributed by atoms with Gasteiger partial charge in [-0.1, -0.05) is 13.8 Å². The van der Waals surface area contributed by atoms with Crippen molar-refractivity contribution in [1.29, 1.82) is 0 Å². The second-order valence-electron chi connectivity index (χ2n) is 8.90. The summed E-state index contributed by atoms with van der Waals surface area (Å²) in [6.07, 6.45) is 4.77. The van der Waals surface area contributed by atoms with Crippen molar-refractivity contribution in [2.45, 2.75) is 64.9 Å². The van der Waals surface area contributed by atoms with E-state index >= 15 is 0 Å². The molecule has 0 spiro atoms. The molecule has 0 aromatic carbocycles. The van der Waals surface area contributed by atoms with Crippen LogP contribution >= 0.6 is 0 Å². The number of carbonyl (C=O) groups is 1. The Morgan fingerprint density at radius 3 is 2.62 bits per heavy atom. The van der Waals surface area contributed by atoms with Crippen molar-refractivity contribution in [3.63, 3.8) is 0 Å². The van der Waals surface area contributed by atoms with Crippen molar-refractivity contribution in [3.8, 4) is 0 Å². The van der Waals surface area contributed by atoms with Crippen LogP contribution < -0.4 is 0 Å². The van der Waals surface area contributed by atoms with E-state index in [0.717, 1.165) is 25.7 Å². The topological polar surface area (TPSA) is 37.3 Å². The van der Waals surface area contributed by atoms with Crippen LogP contribution in [0.5, 0.6) is 0 Å². The molecule has 1 unspecified atom stereocenters. The molecular formula is C20H26F2O2. The molecule has 1 N–H and O–H groups in total. The Balaban J connectivity index is 1.81. The third-order valence-electron chi connectivity index (χ3n) is 8.01. The van der Waals surface area contributed by atoms with E-state index in [9.17, 15) is 18.7 Å². The summed E-state index contributed by atoms with van der Waals surface area (Å²) < 4.78 is 27.5. The quantitative estimate of drug-likeness (QED) is 0.700. The highest BCUT2D eigenvalue weighted by molar-refractivity contribution is 5.92. The zero-order chi connectivity index (χ0) is 17.3. The van der Waals surface area contributed by atoms with Gasteiger partial charge >= 0.3 is 0 Å². The average Bonchev–Trinajstić information content (AvgIpc) is 2.83. The van der Waals surface area contributed by atoms with Crippen LogP contribution in [0.15, 0.2) is 23.3 Å². The number of allylic oxidation sites excluding steroid dienone is 2. The molecule has 4 aliphatic rings. The molecule has 4 heteroatoms. The van der Waals surface area contributed by atoms with Gasteiger partial charge in [-0.05, 0) is 78.8 Å². The van der Waals surface area contributed by atoms with E-state index in [1.807, 2.05) is 0 Å². The van der Waals surface area contributed by atoms with Gasteiger partial charge in [0.2, 0.25) is 0 Å². The van der Waals surface area contributed by atoms with E-state index in [-0.39, 0.29) is 34.2 Å². The summed E-state index contributed by atoms with van der Waals surface area (Å²) in [6.45, 7) is 4.25. The molecule has 0 saturated heterocycles. The van der Waals surface area contributed by atoms with Crippen LogP contribution in [0.25, 0.3) is 0 Å². The van der Waals surface area contributed by atoms with Crippen LogP contribution in [0.1, 0.15) is 58.8 Å². The number of hydrogen-bond donors (Lipinski definition) is 1. The van der Waals surface area contributed by atoms with Crippen LogP contribution in [-0.2, 0) is 4.79 Å². The van der Waals surface area contributed by atoms with Gasteiger partial charge in [-0.15, -0.1) is 0 Å². The highest BCUT2D eigenvalue weighted by Gasteiger charge is 2.60. The van der Waals surface area contributed by atoms with Gasteiger partial charge in [-0.3, -0.25) is 4.79 Å². The first-order valence-corrected chi connectivity index (χ1v) is 9.25. The lowest BCUT2D eigenvalue weighted by Gasteiger charge is -2.58. The molecule has 132 valence electrons. The lowest BCUT2D eigenvalue weighted by atomic mass is 9.46. The molecule has 0 bridgehead atoms. The normalized spacial score (nSPS) is 47.6. The average molecular weight is 336 g/mol. The number of ketones is 1. The van der Waals surface area contributed by atoms with E-state index in [1.54, 1.807) is 0 Å². The third-order valence-corrected chi connectivity index (χ3v) is 8.01. The van der Waals surface area contributed by atoms with Gasteiger partial charge in [0.25, 0.3) is 6.08 Å². The maximum absolute atomic E-state index is 13.7. The zero-order valence-electron chi connectivity index (χ0n) is 14.4. The smallest absolute Gasteiger partial charge is 0.273 e. The molecule has 6 atom stereocenters. The summed E-state index contributed by atoms with van der Waals surface area (Å²) in [6, 6.07) is 0. The summed E-state index contributed by atoms with van der Waals surface area (Å²) in [5.41, 5.74) is 0.297. The number of halogens is 2. The Kier molecular flexibility index (Phi) is 3.58. The first kappa shape index (κ1) is 16.4. The van der Waals surface area contributed by atoms with Crippen molar-refractivity contribution < 1.29 is 18.7 Å². The molecule has 24 heavy (non-hydrogen) atoms. The molecule has 0 aromatic rings. The molecule has 0 aliphatic heterocycles. The number of aliphatic hydroxyl groups excluding tert-OH is 1. The molecule has 0 amide bonds. The predicted octanol–water partition coefficient (Wildman–Crippen LogP) is 4.64. The Morgan fingerprint density at radius 2 is 1.92 bits per heavy atom. The number of carbonyl (C=O) groups excluding carboxylic acids is 1. The number of aliphatic hydroxyl groups is 1. The van der Waals surface area contributed by atoms with Crippen LogP contribution in [0, 0.1) is 28.6 Å². The standard InChI is InChI=1S/C20H26F2O2/c1-19-7-5-11(23)9-16(19)13(18(21)22)10-12-14-3-4-17(24)20(14,2)8-6-15(12)19/h9,12,14-15,17,24H,3-8,10H2,1-2H3/t12-,14-,15+,17?,19+,20-/m0/s1. The van der Waals surface area contributed by atoms with Crippen LogP contribution in [0.3, 0.4) is 0 Å². The van der Waals surface area contributed by atoms with Crippen molar-refractivity contribution in [2.24, 2.45) is 28.6 Å². The van der Waals surface area contributed by atoms with Crippen LogP contribution in [0.2, 0.25) is 0 Å². The minimum atomic E-state index is -1.62. The lowest BCUT2D eigenvalue weighted by Crippen LogP contribution is -2.51. The van der Waals surface area contributed by atoms with Crippen LogP contribution in [-0.4, -0.2) is 17.0 Å². The van der Waals surface area contributed by atoms with E-state index in [4.69, 9.17) is 0 Å². The highest BCUT2D eigenvalue weighted by atomic mass is 19.3. The van der Waals surface area contributed by atoms with Gasteiger partial charge in [0, 0.05) is 12.0 Å². The van der Waals surface area contributed by atoms with Crippen molar-refractivity contribution in [2.75, 3.05) is 0 Å². The Labute approximate surface area is 142 Å². The second kappa shape index (κ2) is 5.23. The summed E-state index contributed by atoms with van der Waals surface area (Å²) in [4.78, 5) is 11.9. The number of rotatable bonds is 0. The van der Waals surface area contributed by atoms with Gasteiger partial charge < -0.3 is 5.11 Å². The SMILES string of the molecule is C[C@]12CCC(=O)C=C1C(=C(F)F)C[C@@H]1[C@H]2CC[C@]2(C)C(O)CC[C@@H]12. The highest BCUT2D eigenvalue weighted by Crippen LogP contribution is 2.66. The Morgan fingerprint density at radius 1 is 1.17 bits per heavy atom. The van der Waals surface area contributed by atoms with Gasteiger partial charge in [-0.2, -0.15) is 8.78 Å². The van der Waals surface area contributed by atoms with E-state index < -0.39 is 6.08 Å². The van der Waals surface area contributed by atoms with Gasteiger partial charge in [0.05, 0.1) is 6.10 Å². The van der Waals surface area contributed by atoms with E-state index in [2.05, 4.69) is 13.8 Å². The number of hydrogen-bond acceptors (Lipinski definition) is 2. The van der Waals surface area contributed by atoms with E-state index in [0.29, 0.717) is 36.7 Å². The first-order chi connectivity index (χ1) is 11.3. The fourth-order valence-corrected chi connectivity index (χ4v) is 6.59. The monoisotopic (exact) mass is 336 g/mol. The molecule has 3 saturated carbocycles. The van der Waals surface area contributed by atoms with Crippen molar-refractivity contribution >= 4 is 5.78 Å². The van der Waals surface area contributed by atoms with Gasteiger partial charge in [-0.25, -0.2) is 0 Å². The van der Waals surface area contributed by atoms with E-state index in [1.165, 1.54) is 6.08 Å². The number of fused-ring (bicyclic) bond motifs is 5. The van der Waals surface area contributed by atoms with Crippen LogP contribution in [0.4, 0.5) is 8.78 Å². The lowest BCUT2D eigenvalue weighted by molar-refractivity contribution is -0.117. The minimum Gasteiger partial charge on any atom is -0.393 e. The molecular weight excluding hydrogens is 310 g/mol. The molecule has 2 nitrogen and oxygen atoms in total. The summed E-state index contributed by atoms with van der Waals surface area (Å²) >= 11 is 0. The Bertz CT molecular complexity index is 648. The predicted molar refractivity (Wildman–Crippen MR) is 87.3 cm³/mol. The maximum atomic E-state index is 13.7.